The van der Waals surface area contributed by atoms with Crippen LogP contribution in [0.15, 0.2) is 22.9 Å². The number of hydrogen-bond acceptors (Lipinski definition) is 5. The van der Waals surface area contributed by atoms with E-state index in [-0.39, 0.29) is 5.91 Å². The lowest BCUT2D eigenvalue weighted by Gasteiger charge is -2.55. The summed E-state index contributed by atoms with van der Waals surface area (Å²) in [7, 11) is 0. The molecule has 4 fully saturated rings. The Morgan fingerprint density at radius 3 is 2.74 bits per heavy atom. The Kier molecular flexibility index (Phi) is 3.32. The molecule has 0 spiro atoms. The molecular weight excluding hydrogens is 326 g/mol. The van der Waals surface area contributed by atoms with Gasteiger partial charge in [0.15, 0.2) is 5.01 Å². The van der Waals surface area contributed by atoms with Crippen molar-refractivity contribution in [1.82, 2.24) is 15.2 Å². The van der Waals surface area contributed by atoms with Gasteiger partial charge in [0.1, 0.15) is 0 Å². The molecule has 5 heterocycles. The Morgan fingerprint density at radius 1 is 1.22 bits per heavy atom. The van der Waals surface area contributed by atoms with Crippen LogP contribution >= 0.6 is 22.7 Å². The van der Waals surface area contributed by atoms with E-state index in [0.29, 0.717) is 22.9 Å². The lowest BCUT2D eigenvalue weighted by Crippen LogP contribution is -2.64. The van der Waals surface area contributed by atoms with E-state index in [1.54, 1.807) is 11.3 Å². The van der Waals surface area contributed by atoms with E-state index in [1.165, 1.54) is 30.7 Å². The third-order valence-corrected chi connectivity index (χ3v) is 7.29. The number of piperidine rings is 3. The number of rotatable bonds is 3. The summed E-state index contributed by atoms with van der Waals surface area (Å²) in [6, 6.07) is 4.42. The second-order valence-electron chi connectivity index (χ2n) is 7.09. The summed E-state index contributed by atoms with van der Waals surface area (Å²) in [4.78, 5) is 20.9. The van der Waals surface area contributed by atoms with Gasteiger partial charge >= 0.3 is 0 Å². The highest BCUT2D eigenvalue weighted by Gasteiger charge is 2.48. The molecule has 0 aromatic carbocycles. The van der Waals surface area contributed by atoms with Crippen molar-refractivity contribution >= 4 is 28.6 Å². The summed E-state index contributed by atoms with van der Waals surface area (Å²) >= 11 is 3.12. The first-order valence-electron chi connectivity index (χ1n) is 8.29. The fourth-order valence-electron chi connectivity index (χ4n) is 4.77. The van der Waals surface area contributed by atoms with Crippen molar-refractivity contribution in [3.8, 4) is 10.6 Å². The number of thiophene rings is 1. The van der Waals surface area contributed by atoms with Crippen LogP contribution in [0.5, 0.6) is 0 Å². The maximum Gasteiger partial charge on any atom is 0.280 e. The standard InChI is InChI=1S/C17H19N3OS2/c21-16(17-18-13(9-23-17)14-2-1-3-22-14)19-15-11-4-10-5-12(15)8-20(6-10)7-11/h1-3,9-12,15H,4-8H2,(H,19,21)/t10?,11-,12+,15?. The van der Waals surface area contributed by atoms with Gasteiger partial charge in [0.2, 0.25) is 0 Å². The molecule has 23 heavy (non-hydrogen) atoms. The first-order chi connectivity index (χ1) is 11.3. The van der Waals surface area contributed by atoms with E-state index in [4.69, 9.17) is 0 Å². The summed E-state index contributed by atoms with van der Waals surface area (Å²) in [6.07, 6.45) is 2.58. The maximum absolute atomic E-state index is 12.6. The molecule has 1 saturated carbocycles. The topological polar surface area (TPSA) is 45.2 Å². The van der Waals surface area contributed by atoms with Crippen LogP contribution in [0.2, 0.25) is 0 Å². The van der Waals surface area contributed by atoms with Gasteiger partial charge in [-0.1, -0.05) is 6.07 Å². The fourth-order valence-corrected chi connectivity index (χ4v) is 6.25. The van der Waals surface area contributed by atoms with Gasteiger partial charge < -0.3 is 10.2 Å². The minimum Gasteiger partial charge on any atom is -0.347 e. The molecule has 4 bridgehead atoms. The van der Waals surface area contributed by atoms with Gasteiger partial charge in [-0.3, -0.25) is 4.79 Å². The highest BCUT2D eigenvalue weighted by Crippen LogP contribution is 2.43. The number of nitrogens with one attached hydrogen (secondary N) is 1. The molecular formula is C17H19N3OS2. The summed E-state index contributed by atoms with van der Waals surface area (Å²) in [5.74, 6) is 2.17. The minimum absolute atomic E-state index is 0.0188. The summed E-state index contributed by atoms with van der Waals surface area (Å²) in [5.41, 5.74) is 0.923. The normalized spacial score (nSPS) is 34.7. The second kappa shape index (κ2) is 5.40. The molecule has 1 aliphatic carbocycles. The van der Waals surface area contributed by atoms with Crippen molar-refractivity contribution < 1.29 is 4.79 Å². The highest BCUT2D eigenvalue weighted by atomic mass is 32.1. The highest BCUT2D eigenvalue weighted by molar-refractivity contribution is 7.15. The Morgan fingerprint density at radius 2 is 2.04 bits per heavy atom. The maximum atomic E-state index is 12.6. The third kappa shape index (κ3) is 2.44. The van der Waals surface area contributed by atoms with Gasteiger partial charge in [-0.25, -0.2) is 4.98 Å². The molecule has 5 atom stereocenters. The predicted octanol–water partition coefficient (Wildman–Crippen LogP) is 2.94. The molecule has 1 N–H and O–H groups in total. The lowest BCUT2D eigenvalue weighted by molar-refractivity contribution is -0.0418. The van der Waals surface area contributed by atoms with Gasteiger partial charge in [-0.2, -0.15) is 0 Å². The molecule has 3 unspecified atom stereocenters. The average molecular weight is 345 g/mol. The molecule has 3 aliphatic heterocycles. The number of amides is 1. The van der Waals surface area contributed by atoms with E-state index < -0.39 is 0 Å². The monoisotopic (exact) mass is 345 g/mol. The molecule has 6 rings (SSSR count). The van der Waals surface area contributed by atoms with Crippen molar-refractivity contribution in [2.75, 3.05) is 19.6 Å². The molecule has 1 amide bonds. The summed E-state index contributed by atoms with van der Waals surface area (Å²) < 4.78 is 0. The van der Waals surface area contributed by atoms with Crippen molar-refractivity contribution in [2.45, 2.75) is 18.9 Å². The van der Waals surface area contributed by atoms with Crippen LogP contribution in [0.25, 0.3) is 10.6 Å². The molecule has 2 aromatic rings. The lowest BCUT2D eigenvalue weighted by atomic mass is 9.65. The van der Waals surface area contributed by atoms with Crippen LogP contribution in [0.1, 0.15) is 22.6 Å². The Labute approximate surface area is 143 Å². The van der Waals surface area contributed by atoms with Gasteiger partial charge in [0.05, 0.1) is 10.6 Å². The van der Waals surface area contributed by atoms with Gasteiger partial charge in [0, 0.05) is 31.1 Å². The van der Waals surface area contributed by atoms with Crippen molar-refractivity contribution in [3.05, 3.63) is 27.9 Å². The van der Waals surface area contributed by atoms with Crippen LogP contribution in [0.3, 0.4) is 0 Å². The zero-order valence-corrected chi connectivity index (χ0v) is 14.4. The molecule has 120 valence electrons. The number of hydrogen-bond donors (Lipinski definition) is 1. The molecule has 4 nitrogen and oxygen atoms in total. The van der Waals surface area contributed by atoms with Crippen molar-refractivity contribution in [1.29, 1.82) is 0 Å². The number of carbonyl (C=O) groups excluding carboxylic acids is 1. The van der Waals surface area contributed by atoms with Gasteiger partial charge in [-0.15, -0.1) is 22.7 Å². The zero-order chi connectivity index (χ0) is 15.4. The summed E-state index contributed by atoms with van der Waals surface area (Å²) in [5, 5.41) is 7.95. The van der Waals surface area contributed by atoms with Crippen LogP contribution in [0.4, 0.5) is 0 Å². The summed E-state index contributed by atoms with van der Waals surface area (Å²) in [6.45, 7) is 3.61. The van der Waals surface area contributed by atoms with E-state index in [9.17, 15) is 4.79 Å². The number of carbonyl (C=O) groups is 1. The number of nitrogens with zero attached hydrogens (tertiary/aromatic N) is 2. The van der Waals surface area contributed by atoms with E-state index in [0.717, 1.165) is 29.6 Å². The van der Waals surface area contributed by atoms with Crippen molar-refractivity contribution in [2.24, 2.45) is 17.8 Å². The van der Waals surface area contributed by atoms with E-state index in [1.807, 2.05) is 22.9 Å². The zero-order valence-electron chi connectivity index (χ0n) is 12.8. The molecule has 0 radical (unpaired) electrons. The first-order valence-corrected chi connectivity index (χ1v) is 10.0. The minimum atomic E-state index is 0.0188. The van der Waals surface area contributed by atoms with Crippen LogP contribution < -0.4 is 5.32 Å². The van der Waals surface area contributed by atoms with Crippen LogP contribution in [-0.2, 0) is 0 Å². The first kappa shape index (κ1) is 14.1. The third-order valence-electron chi connectivity index (χ3n) is 5.56. The number of aromatic nitrogens is 1. The van der Waals surface area contributed by atoms with Crippen LogP contribution in [0, 0.1) is 17.8 Å². The van der Waals surface area contributed by atoms with Gasteiger partial charge in [0.25, 0.3) is 5.91 Å². The van der Waals surface area contributed by atoms with E-state index in [2.05, 4.69) is 15.2 Å². The smallest absolute Gasteiger partial charge is 0.280 e. The molecule has 6 heteroatoms. The molecule has 3 saturated heterocycles. The molecule has 2 aromatic heterocycles. The van der Waals surface area contributed by atoms with Crippen LogP contribution in [-0.4, -0.2) is 41.5 Å². The predicted molar refractivity (Wildman–Crippen MR) is 92.8 cm³/mol. The largest absolute Gasteiger partial charge is 0.347 e. The number of thiazole rings is 1. The second-order valence-corrected chi connectivity index (χ2v) is 8.90. The quantitative estimate of drug-likeness (QED) is 0.930. The Bertz CT molecular complexity index is 696. The Balaban J connectivity index is 1.32. The van der Waals surface area contributed by atoms with Crippen molar-refractivity contribution in [3.63, 3.8) is 0 Å². The van der Waals surface area contributed by atoms with Gasteiger partial charge in [-0.05, 0) is 42.0 Å². The SMILES string of the molecule is O=C(NC1[C@@H]2CC3C[C@H]1CN(C3)C2)c1nc(-c2cccs2)cs1. The van der Waals surface area contributed by atoms with E-state index >= 15 is 0 Å². The molecule has 4 aliphatic rings. The average Bonchev–Trinajstić information content (AvgIpc) is 3.20. The Hall–Kier alpha value is -1.24. The fraction of sp³-hybridized carbons (Fsp3) is 0.529.